The summed E-state index contributed by atoms with van der Waals surface area (Å²) in [6.45, 7) is 8.54. The molecule has 4 heterocycles. The lowest BCUT2D eigenvalue weighted by Gasteiger charge is -2.31. The number of hydrogen-bond donors (Lipinski definition) is 1. The Morgan fingerprint density at radius 1 is 1.03 bits per heavy atom. The molecule has 3 aliphatic rings. The molecule has 1 N–H and O–H groups in total. The monoisotopic (exact) mass is 433 g/mol. The number of carboxylic acids is 1. The molecule has 0 bridgehead atoms. The number of nitrogens with zero attached hydrogens (tertiary/aromatic N) is 5. The summed E-state index contributed by atoms with van der Waals surface area (Å²) >= 11 is 0. The Labute approximate surface area is 172 Å². The van der Waals surface area contributed by atoms with Crippen LogP contribution in [0.1, 0.15) is 24.4 Å². The molecule has 2 fully saturated rings. The number of likely N-dealkylation sites (tertiary alicyclic amines) is 1. The largest absolute Gasteiger partial charge is 0.490 e. The van der Waals surface area contributed by atoms with Gasteiger partial charge in [-0.1, -0.05) is 0 Å². The van der Waals surface area contributed by atoms with Crippen molar-refractivity contribution in [3.8, 4) is 0 Å². The molecule has 2 saturated heterocycles. The van der Waals surface area contributed by atoms with Crippen molar-refractivity contribution in [3.63, 3.8) is 0 Å². The summed E-state index contributed by atoms with van der Waals surface area (Å²) in [5.41, 5.74) is 1.11. The minimum absolute atomic E-state index is 0.187. The van der Waals surface area contributed by atoms with Gasteiger partial charge in [-0.05, 0) is 12.8 Å². The molecular weight excluding hydrogens is 407 g/mol. The molecule has 0 radical (unpaired) electrons. The third-order valence-corrected chi connectivity index (χ3v) is 5.23. The van der Waals surface area contributed by atoms with E-state index in [1.807, 2.05) is 9.80 Å². The highest BCUT2D eigenvalue weighted by molar-refractivity contribution is 5.74. The average Bonchev–Trinajstić information content (AvgIpc) is 3.37. The fourth-order valence-electron chi connectivity index (χ4n) is 3.65. The van der Waals surface area contributed by atoms with Crippen LogP contribution < -0.4 is 0 Å². The maximum Gasteiger partial charge on any atom is 0.490 e. The van der Waals surface area contributed by atoms with Gasteiger partial charge in [-0.3, -0.25) is 4.90 Å². The number of alkyl halides is 3. The standard InChI is InChI=1S/C16H25N5O2.C2HF3O2/c22-16(19-3-1-2-4-19)21-6-5-20-12-14(17-15(20)13-21)11-18-7-9-23-10-8-18;3-2(4,5)1(6)7/h12H,1-11,13H2;(H,6,7). The van der Waals surface area contributed by atoms with E-state index in [0.29, 0.717) is 6.54 Å². The van der Waals surface area contributed by atoms with Crippen LogP contribution in [-0.4, -0.2) is 93.5 Å². The number of urea groups is 1. The Balaban J connectivity index is 0.000000318. The van der Waals surface area contributed by atoms with Crippen molar-refractivity contribution in [3.05, 3.63) is 17.7 Å². The van der Waals surface area contributed by atoms with Crippen molar-refractivity contribution in [1.82, 2.24) is 24.3 Å². The number of aromatic nitrogens is 2. The van der Waals surface area contributed by atoms with Crippen LogP contribution in [0.2, 0.25) is 0 Å². The summed E-state index contributed by atoms with van der Waals surface area (Å²) in [7, 11) is 0. The first-order valence-corrected chi connectivity index (χ1v) is 9.93. The maximum absolute atomic E-state index is 12.5. The van der Waals surface area contributed by atoms with E-state index in [1.165, 1.54) is 0 Å². The second kappa shape index (κ2) is 9.65. The van der Waals surface area contributed by atoms with Gasteiger partial charge in [-0.25, -0.2) is 14.6 Å². The molecule has 1 aromatic rings. The predicted molar refractivity (Wildman–Crippen MR) is 98.6 cm³/mol. The highest BCUT2D eigenvalue weighted by Gasteiger charge is 2.38. The van der Waals surface area contributed by atoms with Crippen LogP contribution in [0.4, 0.5) is 18.0 Å². The molecule has 2 amide bonds. The minimum Gasteiger partial charge on any atom is -0.475 e. The number of imidazole rings is 1. The maximum atomic E-state index is 12.5. The van der Waals surface area contributed by atoms with Crippen molar-refractivity contribution in [2.24, 2.45) is 0 Å². The Kier molecular flexibility index (Phi) is 7.19. The van der Waals surface area contributed by atoms with Crippen molar-refractivity contribution in [2.45, 2.75) is 38.7 Å². The smallest absolute Gasteiger partial charge is 0.475 e. The van der Waals surface area contributed by atoms with Crippen LogP contribution in [0.5, 0.6) is 0 Å². The Hall–Kier alpha value is -2.34. The molecule has 168 valence electrons. The lowest BCUT2D eigenvalue weighted by Crippen LogP contribution is -2.45. The van der Waals surface area contributed by atoms with Crippen LogP contribution in [0.15, 0.2) is 6.20 Å². The summed E-state index contributed by atoms with van der Waals surface area (Å²) < 4.78 is 39.3. The number of carbonyl (C=O) groups is 2. The van der Waals surface area contributed by atoms with Gasteiger partial charge >= 0.3 is 18.2 Å². The van der Waals surface area contributed by atoms with Gasteiger partial charge in [0.05, 0.1) is 25.5 Å². The van der Waals surface area contributed by atoms with Gasteiger partial charge in [-0.2, -0.15) is 13.2 Å². The van der Waals surface area contributed by atoms with E-state index in [1.54, 1.807) is 0 Å². The van der Waals surface area contributed by atoms with Crippen molar-refractivity contribution >= 4 is 12.0 Å². The van der Waals surface area contributed by atoms with Gasteiger partial charge in [0.25, 0.3) is 0 Å². The van der Waals surface area contributed by atoms with E-state index in [-0.39, 0.29) is 6.03 Å². The Morgan fingerprint density at radius 2 is 1.67 bits per heavy atom. The molecular formula is C18H26F3N5O4. The first kappa shape index (κ1) is 22.3. The van der Waals surface area contributed by atoms with Crippen LogP contribution in [0.3, 0.4) is 0 Å². The molecule has 0 aromatic carbocycles. The molecule has 0 aliphatic carbocycles. The number of carboxylic acid groups (broad SMARTS) is 1. The van der Waals surface area contributed by atoms with Gasteiger partial charge in [0, 0.05) is 52.0 Å². The summed E-state index contributed by atoms with van der Waals surface area (Å²) in [5, 5.41) is 7.12. The van der Waals surface area contributed by atoms with Crippen LogP contribution >= 0.6 is 0 Å². The number of fused-ring (bicyclic) bond motifs is 1. The molecule has 0 atom stereocenters. The number of rotatable bonds is 2. The molecule has 1 aromatic heterocycles. The highest BCUT2D eigenvalue weighted by Crippen LogP contribution is 2.18. The fourth-order valence-corrected chi connectivity index (χ4v) is 3.65. The van der Waals surface area contributed by atoms with Crippen molar-refractivity contribution in [2.75, 3.05) is 45.9 Å². The first-order valence-electron chi connectivity index (χ1n) is 9.93. The molecule has 0 unspecified atom stereocenters. The highest BCUT2D eigenvalue weighted by atomic mass is 19.4. The van der Waals surface area contributed by atoms with E-state index >= 15 is 0 Å². The van der Waals surface area contributed by atoms with E-state index in [9.17, 15) is 18.0 Å². The quantitative estimate of drug-likeness (QED) is 0.758. The van der Waals surface area contributed by atoms with E-state index in [0.717, 1.165) is 83.4 Å². The van der Waals surface area contributed by atoms with Crippen molar-refractivity contribution in [1.29, 1.82) is 0 Å². The second-order valence-electron chi connectivity index (χ2n) is 7.43. The lowest BCUT2D eigenvalue weighted by atomic mass is 10.3. The van der Waals surface area contributed by atoms with E-state index in [4.69, 9.17) is 19.6 Å². The number of morpholine rings is 1. The number of aliphatic carboxylic acids is 1. The Bertz CT molecular complexity index is 743. The predicted octanol–water partition coefficient (Wildman–Crippen LogP) is 1.38. The second-order valence-corrected chi connectivity index (χ2v) is 7.43. The third kappa shape index (κ3) is 5.85. The number of hydrogen-bond acceptors (Lipinski definition) is 5. The summed E-state index contributed by atoms with van der Waals surface area (Å²) in [4.78, 5) is 32.5. The SMILES string of the molecule is O=C(N1CCCC1)N1CCn2cc(CN3CCOCC3)nc2C1.O=C(O)C(F)(F)F. The fraction of sp³-hybridized carbons (Fsp3) is 0.722. The molecule has 3 aliphatic heterocycles. The summed E-state index contributed by atoms with van der Waals surface area (Å²) in [6, 6.07) is 0.187. The molecule has 0 saturated carbocycles. The zero-order chi connectivity index (χ0) is 21.7. The molecule has 4 rings (SSSR count). The number of ether oxygens (including phenoxy) is 1. The molecule has 12 heteroatoms. The molecule has 0 spiro atoms. The topological polar surface area (TPSA) is 91.1 Å². The third-order valence-electron chi connectivity index (χ3n) is 5.23. The first-order chi connectivity index (χ1) is 14.2. The van der Waals surface area contributed by atoms with Crippen LogP contribution in [-0.2, 0) is 29.2 Å². The van der Waals surface area contributed by atoms with Gasteiger partial charge < -0.3 is 24.2 Å². The van der Waals surface area contributed by atoms with Gasteiger partial charge in [0.1, 0.15) is 5.82 Å². The number of amides is 2. The molecule has 30 heavy (non-hydrogen) atoms. The zero-order valence-corrected chi connectivity index (χ0v) is 16.6. The van der Waals surface area contributed by atoms with Gasteiger partial charge in [0.2, 0.25) is 0 Å². The van der Waals surface area contributed by atoms with Crippen molar-refractivity contribution < 1.29 is 32.6 Å². The van der Waals surface area contributed by atoms with E-state index < -0.39 is 12.1 Å². The van der Waals surface area contributed by atoms with Crippen LogP contribution in [0.25, 0.3) is 0 Å². The van der Waals surface area contributed by atoms with Gasteiger partial charge in [0.15, 0.2) is 0 Å². The average molecular weight is 433 g/mol. The normalized spacial score (nSPS) is 19.8. The minimum atomic E-state index is -5.08. The lowest BCUT2D eigenvalue weighted by molar-refractivity contribution is -0.192. The molecule has 9 nitrogen and oxygen atoms in total. The number of carbonyl (C=O) groups excluding carboxylic acids is 1. The summed E-state index contributed by atoms with van der Waals surface area (Å²) in [6.07, 6.45) is -0.654. The zero-order valence-electron chi connectivity index (χ0n) is 16.6. The summed E-state index contributed by atoms with van der Waals surface area (Å²) in [5.74, 6) is -1.74. The number of halogens is 3. The Morgan fingerprint density at radius 3 is 2.27 bits per heavy atom. The van der Waals surface area contributed by atoms with Gasteiger partial charge in [-0.15, -0.1) is 0 Å². The van der Waals surface area contributed by atoms with Crippen LogP contribution in [0, 0.1) is 0 Å². The van der Waals surface area contributed by atoms with E-state index in [2.05, 4.69) is 15.7 Å².